The Balaban J connectivity index is 1.35. The van der Waals surface area contributed by atoms with Gasteiger partial charge in [0.25, 0.3) is 0 Å². The van der Waals surface area contributed by atoms with E-state index in [1.165, 1.54) is 5.57 Å². The number of ether oxygens (including phenoxy) is 2. The molecule has 1 fully saturated rings. The summed E-state index contributed by atoms with van der Waals surface area (Å²) in [6, 6.07) is 12.7. The van der Waals surface area contributed by atoms with Gasteiger partial charge in [-0.15, -0.1) is 0 Å². The number of likely N-dealkylation sites (N-methyl/N-ethyl adjacent to an activating group) is 1. The van der Waals surface area contributed by atoms with E-state index in [0.29, 0.717) is 17.7 Å². The molecule has 0 N–H and O–H groups in total. The fourth-order valence-corrected chi connectivity index (χ4v) is 9.03. The van der Waals surface area contributed by atoms with Crippen LogP contribution in [0.15, 0.2) is 82.9 Å². The number of hydrogen-bond acceptors (Lipinski definition) is 6. The number of rotatable bonds is 11. The first-order valence-corrected chi connectivity index (χ1v) is 17.2. The predicted octanol–water partition coefficient (Wildman–Crippen LogP) is 6.89. The fraction of sp³-hybridized carbons (Fsp3) is 0.472. The van der Waals surface area contributed by atoms with Crippen LogP contribution in [-0.2, 0) is 26.0 Å². The third-order valence-corrected chi connectivity index (χ3v) is 11.5. The quantitative estimate of drug-likeness (QED) is 0.255. The molecule has 0 radical (unpaired) electrons. The number of carbonyl (C=O) groups is 1. The van der Waals surface area contributed by atoms with E-state index in [9.17, 15) is 13.2 Å². The van der Waals surface area contributed by atoms with E-state index in [-0.39, 0.29) is 30.1 Å². The van der Waals surface area contributed by atoms with Gasteiger partial charge in [-0.05, 0) is 106 Å². The lowest BCUT2D eigenvalue weighted by molar-refractivity contribution is -0.147. The van der Waals surface area contributed by atoms with Gasteiger partial charge in [0.15, 0.2) is 0 Å². The molecule has 236 valence electrons. The number of nitrogens with zero attached hydrogens (tertiary/aromatic N) is 2. The molecular weight excluding hydrogens is 572 g/mol. The second kappa shape index (κ2) is 13.3. The minimum absolute atomic E-state index is 0.0739. The first-order valence-electron chi connectivity index (χ1n) is 15.8. The fourth-order valence-electron chi connectivity index (χ4n) is 6.98. The van der Waals surface area contributed by atoms with Crippen LogP contribution in [0.4, 0.5) is 0 Å². The maximum absolute atomic E-state index is 13.8. The Morgan fingerprint density at radius 2 is 1.82 bits per heavy atom. The van der Waals surface area contributed by atoms with Gasteiger partial charge in [-0.25, -0.2) is 8.42 Å². The molecule has 1 aliphatic heterocycles. The van der Waals surface area contributed by atoms with Crippen LogP contribution >= 0.6 is 0 Å². The van der Waals surface area contributed by atoms with Crippen molar-refractivity contribution in [2.45, 2.75) is 95.3 Å². The van der Waals surface area contributed by atoms with Crippen molar-refractivity contribution in [1.82, 2.24) is 9.21 Å². The van der Waals surface area contributed by atoms with Gasteiger partial charge in [-0.2, -0.15) is 4.31 Å². The average molecular weight is 619 g/mol. The lowest BCUT2D eigenvalue weighted by atomic mass is 9.84. The van der Waals surface area contributed by atoms with Gasteiger partial charge < -0.3 is 14.4 Å². The molecule has 8 heteroatoms. The van der Waals surface area contributed by atoms with Gasteiger partial charge in [-0.1, -0.05) is 48.6 Å². The van der Waals surface area contributed by atoms with Crippen LogP contribution < -0.4 is 4.74 Å². The molecule has 0 spiro atoms. The molecule has 3 atom stereocenters. The number of sulfonamides is 1. The largest absolute Gasteiger partial charge is 0.496 e. The minimum atomic E-state index is -3.74. The number of fused-ring (bicyclic) bond motifs is 1. The highest BCUT2D eigenvalue weighted by Gasteiger charge is 2.35. The van der Waals surface area contributed by atoms with Crippen molar-refractivity contribution in [1.29, 1.82) is 0 Å². The predicted molar refractivity (Wildman–Crippen MR) is 174 cm³/mol. The number of benzene rings is 2. The molecule has 44 heavy (non-hydrogen) atoms. The number of aryl methyl sites for hydroxylation is 1. The molecule has 3 unspecified atom stereocenters. The van der Waals surface area contributed by atoms with Crippen molar-refractivity contribution in [2.24, 2.45) is 5.92 Å². The second-order valence-corrected chi connectivity index (χ2v) is 14.5. The molecule has 2 aliphatic carbocycles. The van der Waals surface area contributed by atoms with Crippen molar-refractivity contribution in [3.05, 3.63) is 94.7 Å². The summed E-state index contributed by atoms with van der Waals surface area (Å²) in [5.74, 6) is 0.738. The lowest BCUT2D eigenvalue weighted by Gasteiger charge is -2.33. The highest BCUT2D eigenvalue weighted by Crippen LogP contribution is 2.39. The molecule has 2 aromatic carbocycles. The third-order valence-electron chi connectivity index (χ3n) is 9.21. The van der Waals surface area contributed by atoms with Crippen molar-refractivity contribution in [3.63, 3.8) is 0 Å². The SMILES string of the molecule is COc1cc(C(C)N(C(C)C)S(=O)(=O)c2ccccc2C)ccc1CC1=CN(C)C2C=CC(CC(=O)OC3CCCC3)=CC12. The molecule has 2 aromatic rings. The molecule has 0 saturated heterocycles. The Bertz CT molecular complexity index is 1570. The Morgan fingerprint density at radius 3 is 2.50 bits per heavy atom. The molecule has 1 saturated carbocycles. The zero-order chi connectivity index (χ0) is 31.6. The van der Waals surface area contributed by atoms with Crippen LogP contribution in [0.3, 0.4) is 0 Å². The van der Waals surface area contributed by atoms with Crippen LogP contribution in [0, 0.1) is 12.8 Å². The van der Waals surface area contributed by atoms with E-state index < -0.39 is 16.1 Å². The van der Waals surface area contributed by atoms with Crippen molar-refractivity contribution in [2.75, 3.05) is 14.2 Å². The summed E-state index contributed by atoms with van der Waals surface area (Å²) in [5, 5.41) is 0. The summed E-state index contributed by atoms with van der Waals surface area (Å²) < 4.78 is 40.9. The molecule has 3 aliphatic rings. The van der Waals surface area contributed by atoms with Crippen LogP contribution in [0.25, 0.3) is 0 Å². The highest BCUT2D eigenvalue weighted by molar-refractivity contribution is 7.89. The Kier molecular flexibility index (Phi) is 9.71. The molecule has 0 bridgehead atoms. The van der Waals surface area contributed by atoms with E-state index in [0.717, 1.165) is 53.7 Å². The van der Waals surface area contributed by atoms with Crippen LogP contribution in [0.5, 0.6) is 5.75 Å². The van der Waals surface area contributed by atoms with Crippen LogP contribution in [0.1, 0.15) is 75.6 Å². The van der Waals surface area contributed by atoms with Crippen LogP contribution in [0.2, 0.25) is 0 Å². The zero-order valence-corrected chi connectivity index (χ0v) is 27.6. The molecule has 7 nitrogen and oxygen atoms in total. The summed E-state index contributed by atoms with van der Waals surface area (Å²) in [7, 11) is 0.00741. The molecule has 5 rings (SSSR count). The van der Waals surface area contributed by atoms with Gasteiger partial charge >= 0.3 is 5.97 Å². The summed E-state index contributed by atoms with van der Waals surface area (Å²) >= 11 is 0. The highest BCUT2D eigenvalue weighted by atomic mass is 32.2. The summed E-state index contributed by atoms with van der Waals surface area (Å²) in [5.41, 5.74) is 4.87. The summed E-state index contributed by atoms with van der Waals surface area (Å²) in [6.45, 7) is 7.58. The Morgan fingerprint density at radius 1 is 1.09 bits per heavy atom. The summed E-state index contributed by atoms with van der Waals surface area (Å²) in [6.07, 6.45) is 13.9. The first kappa shape index (κ1) is 32.0. The topological polar surface area (TPSA) is 76.2 Å². The van der Waals surface area contributed by atoms with E-state index in [1.807, 2.05) is 52.0 Å². The van der Waals surface area contributed by atoms with Gasteiger partial charge in [0.1, 0.15) is 11.9 Å². The number of allylic oxidation sites excluding steroid dienone is 1. The Labute approximate surface area is 263 Å². The maximum Gasteiger partial charge on any atom is 0.310 e. The number of hydrogen-bond donors (Lipinski definition) is 0. The average Bonchev–Trinajstić information content (AvgIpc) is 3.60. The molecular formula is C36H46N2O5S. The van der Waals surface area contributed by atoms with Gasteiger partial charge in [0, 0.05) is 25.0 Å². The van der Waals surface area contributed by atoms with Gasteiger partial charge in [0.2, 0.25) is 10.0 Å². The van der Waals surface area contributed by atoms with E-state index in [4.69, 9.17) is 9.47 Å². The maximum atomic E-state index is 13.8. The Hall–Kier alpha value is -3.36. The van der Waals surface area contributed by atoms with Crippen molar-refractivity contribution < 1.29 is 22.7 Å². The molecule has 0 aromatic heterocycles. The minimum Gasteiger partial charge on any atom is -0.496 e. The van der Waals surface area contributed by atoms with E-state index >= 15 is 0 Å². The normalized spacial score (nSPS) is 21.0. The first-order chi connectivity index (χ1) is 21.0. The number of esters is 1. The molecule has 1 heterocycles. The summed E-state index contributed by atoms with van der Waals surface area (Å²) in [4.78, 5) is 15.2. The third kappa shape index (κ3) is 6.66. The molecule has 0 amide bonds. The lowest BCUT2D eigenvalue weighted by Crippen LogP contribution is -2.39. The van der Waals surface area contributed by atoms with E-state index in [2.05, 4.69) is 42.4 Å². The van der Waals surface area contributed by atoms with Crippen LogP contribution in [-0.4, -0.2) is 55.9 Å². The number of methoxy groups -OCH3 is 1. The monoisotopic (exact) mass is 618 g/mol. The van der Waals surface area contributed by atoms with Crippen molar-refractivity contribution in [3.8, 4) is 5.75 Å². The second-order valence-electron chi connectivity index (χ2n) is 12.7. The van der Waals surface area contributed by atoms with Gasteiger partial charge in [0.05, 0.1) is 24.5 Å². The van der Waals surface area contributed by atoms with E-state index in [1.54, 1.807) is 23.5 Å². The smallest absolute Gasteiger partial charge is 0.310 e. The van der Waals surface area contributed by atoms with Gasteiger partial charge in [-0.3, -0.25) is 4.79 Å². The number of carbonyl (C=O) groups excluding carboxylic acids is 1. The van der Waals surface area contributed by atoms with Crippen molar-refractivity contribution >= 4 is 16.0 Å². The zero-order valence-electron chi connectivity index (χ0n) is 26.8. The standard InChI is InChI=1S/C36H46N2O5S/c1-24(2)38(44(40,41)35-14-10-7-11-25(35)3)26(4)28-16-17-29(34(22-28)42-6)21-30-23-37(5)33-18-15-27(19-32(30)33)20-36(39)43-31-12-8-9-13-31/h7,10-11,14-19,22-24,26,31-33H,8-9,12-13,20-21H2,1-6H3.